The van der Waals surface area contributed by atoms with Crippen LogP contribution in [0.1, 0.15) is 5.01 Å². The minimum atomic E-state index is -0.316. The van der Waals surface area contributed by atoms with Crippen LogP contribution < -0.4 is 10.6 Å². The molecule has 0 fully saturated rings. The Hall–Kier alpha value is -1.30. The molecule has 2 aromatic rings. The number of nitrogens with zero attached hydrogens (tertiary/aromatic N) is 1. The SMILES string of the molecule is O=C(NCc1nccs1)Nc1ccc(Cl)c(Cl)c1. The molecule has 1 aromatic carbocycles. The predicted molar refractivity (Wildman–Crippen MR) is 74.4 cm³/mol. The first kappa shape index (κ1) is 13.1. The van der Waals surface area contributed by atoms with Gasteiger partial charge < -0.3 is 10.6 Å². The summed E-state index contributed by atoms with van der Waals surface area (Å²) in [5.74, 6) is 0. The molecule has 0 unspecified atom stereocenters. The second-order valence-corrected chi connectivity index (χ2v) is 5.16. The van der Waals surface area contributed by atoms with Gasteiger partial charge in [-0.25, -0.2) is 9.78 Å². The van der Waals surface area contributed by atoms with Crippen molar-refractivity contribution in [3.8, 4) is 0 Å². The molecule has 0 saturated carbocycles. The van der Waals surface area contributed by atoms with Gasteiger partial charge in [-0.05, 0) is 18.2 Å². The standard InChI is InChI=1S/C11H9Cl2N3OS/c12-8-2-1-7(5-9(8)13)16-11(17)15-6-10-14-3-4-18-10/h1-5H,6H2,(H2,15,16,17). The molecule has 0 atom stereocenters. The van der Waals surface area contributed by atoms with Gasteiger partial charge in [0, 0.05) is 17.3 Å². The van der Waals surface area contributed by atoms with Crippen molar-refractivity contribution in [3.05, 3.63) is 44.8 Å². The van der Waals surface area contributed by atoms with E-state index in [-0.39, 0.29) is 6.03 Å². The summed E-state index contributed by atoms with van der Waals surface area (Å²) >= 11 is 13.1. The van der Waals surface area contributed by atoms with Gasteiger partial charge in [-0.1, -0.05) is 23.2 Å². The average Bonchev–Trinajstić information content (AvgIpc) is 2.84. The number of rotatable bonds is 3. The summed E-state index contributed by atoms with van der Waals surface area (Å²) in [5.41, 5.74) is 0.584. The molecule has 0 radical (unpaired) electrons. The van der Waals surface area contributed by atoms with E-state index in [2.05, 4.69) is 15.6 Å². The number of carbonyl (C=O) groups is 1. The third-order valence-electron chi connectivity index (χ3n) is 2.06. The number of thiazole rings is 1. The van der Waals surface area contributed by atoms with Crippen molar-refractivity contribution >= 4 is 46.3 Å². The lowest BCUT2D eigenvalue weighted by Crippen LogP contribution is -2.28. The van der Waals surface area contributed by atoms with Crippen molar-refractivity contribution in [1.29, 1.82) is 0 Å². The van der Waals surface area contributed by atoms with Crippen LogP contribution in [0.2, 0.25) is 10.0 Å². The molecule has 1 aromatic heterocycles. The number of anilines is 1. The number of hydrogen-bond donors (Lipinski definition) is 2. The molecule has 2 N–H and O–H groups in total. The van der Waals surface area contributed by atoms with Gasteiger partial charge in [0.05, 0.1) is 16.6 Å². The molecule has 0 aliphatic carbocycles. The molecule has 0 spiro atoms. The largest absolute Gasteiger partial charge is 0.331 e. The Kier molecular flexibility index (Phi) is 4.41. The summed E-state index contributed by atoms with van der Waals surface area (Å²) in [6.07, 6.45) is 1.69. The molecule has 2 amide bonds. The third-order valence-corrected chi connectivity index (χ3v) is 3.58. The number of hydrogen-bond acceptors (Lipinski definition) is 3. The van der Waals surface area contributed by atoms with Crippen LogP contribution >= 0.6 is 34.5 Å². The zero-order valence-corrected chi connectivity index (χ0v) is 11.4. The highest BCUT2D eigenvalue weighted by atomic mass is 35.5. The van der Waals surface area contributed by atoms with Crippen molar-refractivity contribution in [2.45, 2.75) is 6.54 Å². The minimum Gasteiger partial charge on any atom is -0.331 e. The highest BCUT2D eigenvalue weighted by Gasteiger charge is 2.04. The average molecular weight is 302 g/mol. The van der Waals surface area contributed by atoms with E-state index in [0.717, 1.165) is 5.01 Å². The van der Waals surface area contributed by atoms with Gasteiger partial charge in [-0.2, -0.15) is 0 Å². The van der Waals surface area contributed by atoms with Crippen molar-refractivity contribution in [2.75, 3.05) is 5.32 Å². The number of carbonyl (C=O) groups excluding carboxylic acids is 1. The summed E-state index contributed by atoms with van der Waals surface area (Å²) in [5, 5.41) is 8.89. The number of halogens is 2. The highest BCUT2D eigenvalue weighted by molar-refractivity contribution is 7.09. The highest BCUT2D eigenvalue weighted by Crippen LogP contribution is 2.24. The van der Waals surface area contributed by atoms with Crippen LogP contribution in [-0.2, 0) is 6.54 Å². The van der Waals surface area contributed by atoms with Gasteiger partial charge in [0.1, 0.15) is 5.01 Å². The Labute approximate surface area is 118 Å². The van der Waals surface area contributed by atoms with E-state index in [1.54, 1.807) is 24.4 Å². The molecule has 4 nitrogen and oxygen atoms in total. The number of amides is 2. The van der Waals surface area contributed by atoms with Gasteiger partial charge in [0.2, 0.25) is 0 Å². The fourth-order valence-electron chi connectivity index (χ4n) is 1.25. The second-order valence-electron chi connectivity index (χ2n) is 3.36. The van der Waals surface area contributed by atoms with Gasteiger partial charge >= 0.3 is 6.03 Å². The fraction of sp³-hybridized carbons (Fsp3) is 0.0909. The lowest BCUT2D eigenvalue weighted by atomic mass is 10.3. The van der Waals surface area contributed by atoms with Crippen LogP contribution in [0.25, 0.3) is 0 Å². The lowest BCUT2D eigenvalue weighted by Gasteiger charge is -2.07. The summed E-state index contributed by atoms with van der Waals surface area (Å²) in [4.78, 5) is 15.6. The zero-order chi connectivity index (χ0) is 13.0. The molecule has 0 aliphatic heterocycles. The normalized spacial score (nSPS) is 10.1. The molecule has 0 bridgehead atoms. The summed E-state index contributed by atoms with van der Waals surface area (Å²) in [6, 6.07) is 4.58. The van der Waals surface area contributed by atoms with Gasteiger partial charge in [-0.15, -0.1) is 11.3 Å². The molecule has 0 saturated heterocycles. The quantitative estimate of drug-likeness (QED) is 0.906. The van der Waals surface area contributed by atoms with Gasteiger partial charge in [0.15, 0.2) is 0 Å². The first-order chi connectivity index (χ1) is 8.65. The molecule has 18 heavy (non-hydrogen) atoms. The monoisotopic (exact) mass is 301 g/mol. The summed E-state index contributed by atoms with van der Waals surface area (Å²) < 4.78 is 0. The number of urea groups is 1. The Morgan fingerprint density at radius 2 is 2.17 bits per heavy atom. The van der Waals surface area contributed by atoms with E-state index in [1.807, 2.05) is 5.38 Å². The van der Waals surface area contributed by atoms with Gasteiger partial charge in [-0.3, -0.25) is 0 Å². The Balaban J connectivity index is 1.88. The number of benzene rings is 1. The predicted octanol–water partition coefficient (Wildman–Crippen LogP) is 3.77. The van der Waals surface area contributed by atoms with Crippen molar-refractivity contribution in [3.63, 3.8) is 0 Å². The molecule has 2 rings (SSSR count). The first-order valence-corrected chi connectivity index (χ1v) is 6.67. The van der Waals surface area contributed by atoms with E-state index in [4.69, 9.17) is 23.2 Å². The summed E-state index contributed by atoms with van der Waals surface area (Å²) in [6.45, 7) is 0.394. The number of nitrogens with one attached hydrogen (secondary N) is 2. The molecule has 1 heterocycles. The topological polar surface area (TPSA) is 54.0 Å². The number of aromatic nitrogens is 1. The first-order valence-electron chi connectivity index (χ1n) is 5.03. The van der Waals surface area contributed by atoms with Crippen LogP contribution in [0, 0.1) is 0 Å². The van der Waals surface area contributed by atoms with Crippen molar-refractivity contribution < 1.29 is 4.79 Å². The fourth-order valence-corrected chi connectivity index (χ4v) is 2.10. The van der Waals surface area contributed by atoms with Crippen LogP contribution in [0.4, 0.5) is 10.5 Å². The van der Waals surface area contributed by atoms with E-state index in [0.29, 0.717) is 22.3 Å². The Morgan fingerprint density at radius 1 is 1.33 bits per heavy atom. The van der Waals surface area contributed by atoms with E-state index in [9.17, 15) is 4.79 Å². The van der Waals surface area contributed by atoms with Crippen LogP contribution in [0.3, 0.4) is 0 Å². The maximum absolute atomic E-state index is 11.6. The summed E-state index contributed by atoms with van der Waals surface area (Å²) in [7, 11) is 0. The molecular formula is C11H9Cl2N3OS. The zero-order valence-electron chi connectivity index (χ0n) is 9.11. The maximum Gasteiger partial charge on any atom is 0.319 e. The third kappa shape index (κ3) is 3.60. The van der Waals surface area contributed by atoms with Crippen molar-refractivity contribution in [2.24, 2.45) is 0 Å². The minimum absolute atomic E-state index is 0.316. The van der Waals surface area contributed by atoms with E-state index >= 15 is 0 Å². The smallest absolute Gasteiger partial charge is 0.319 e. The molecular weight excluding hydrogens is 293 g/mol. The maximum atomic E-state index is 11.6. The Morgan fingerprint density at radius 3 is 2.83 bits per heavy atom. The van der Waals surface area contributed by atoms with Crippen LogP contribution in [0.5, 0.6) is 0 Å². The van der Waals surface area contributed by atoms with Crippen LogP contribution in [0.15, 0.2) is 29.8 Å². The van der Waals surface area contributed by atoms with Gasteiger partial charge in [0.25, 0.3) is 0 Å². The molecule has 94 valence electrons. The van der Waals surface area contributed by atoms with Crippen LogP contribution in [-0.4, -0.2) is 11.0 Å². The Bertz CT molecular complexity index is 545. The second kappa shape index (κ2) is 6.04. The van der Waals surface area contributed by atoms with E-state index in [1.165, 1.54) is 11.3 Å². The van der Waals surface area contributed by atoms with E-state index < -0.39 is 0 Å². The molecule has 0 aliphatic rings. The van der Waals surface area contributed by atoms with Crippen molar-refractivity contribution in [1.82, 2.24) is 10.3 Å². The lowest BCUT2D eigenvalue weighted by molar-refractivity contribution is 0.251. The molecule has 7 heteroatoms.